The van der Waals surface area contributed by atoms with Crippen molar-refractivity contribution in [1.29, 1.82) is 0 Å². The molecule has 1 amide bonds. The SMILES string of the molecule is CC1(C(=O)NCC2(N)CCC2)CCCO1. The van der Waals surface area contributed by atoms with Gasteiger partial charge in [0.2, 0.25) is 0 Å². The van der Waals surface area contributed by atoms with Gasteiger partial charge in [-0.15, -0.1) is 0 Å². The molecule has 1 saturated carbocycles. The highest BCUT2D eigenvalue weighted by molar-refractivity contribution is 5.85. The largest absolute Gasteiger partial charge is 0.365 e. The van der Waals surface area contributed by atoms with Crippen molar-refractivity contribution in [3.05, 3.63) is 0 Å². The van der Waals surface area contributed by atoms with E-state index in [0.29, 0.717) is 13.2 Å². The third-order valence-corrected chi connectivity index (χ3v) is 3.65. The van der Waals surface area contributed by atoms with Crippen LogP contribution in [0.1, 0.15) is 39.0 Å². The number of rotatable bonds is 3. The molecule has 0 aromatic carbocycles. The molecular formula is C11H20N2O2. The lowest BCUT2D eigenvalue weighted by Crippen LogP contribution is -2.57. The fourth-order valence-electron chi connectivity index (χ4n) is 2.21. The highest BCUT2D eigenvalue weighted by Gasteiger charge is 2.39. The highest BCUT2D eigenvalue weighted by Crippen LogP contribution is 2.29. The summed E-state index contributed by atoms with van der Waals surface area (Å²) < 4.78 is 5.47. The minimum Gasteiger partial charge on any atom is -0.365 e. The van der Waals surface area contributed by atoms with E-state index in [0.717, 1.165) is 25.7 Å². The molecule has 1 saturated heterocycles. The Labute approximate surface area is 90.5 Å². The second-order valence-corrected chi connectivity index (χ2v) is 5.08. The molecule has 1 heterocycles. The van der Waals surface area contributed by atoms with Crippen LogP contribution in [0, 0.1) is 0 Å². The Morgan fingerprint density at radius 1 is 1.40 bits per heavy atom. The maximum atomic E-state index is 11.9. The van der Waals surface area contributed by atoms with Crippen LogP contribution in [0.4, 0.5) is 0 Å². The molecule has 0 radical (unpaired) electrons. The van der Waals surface area contributed by atoms with E-state index in [1.165, 1.54) is 6.42 Å². The van der Waals surface area contributed by atoms with Crippen LogP contribution >= 0.6 is 0 Å². The summed E-state index contributed by atoms with van der Waals surface area (Å²) in [6.07, 6.45) is 5.00. The summed E-state index contributed by atoms with van der Waals surface area (Å²) in [6.45, 7) is 3.14. The smallest absolute Gasteiger partial charge is 0.252 e. The van der Waals surface area contributed by atoms with Gasteiger partial charge in [-0.3, -0.25) is 4.79 Å². The summed E-state index contributed by atoms with van der Waals surface area (Å²) in [4.78, 5) is 11.9. The van der Waals surface area contributed by atoms with E-state index in [1.54, 1.807) is 0 Å². The Morgan fingerprint density at radius 2 is 2.13 bits per heavy atom. The minimum absolute atomic E-state index is 0.00303. The van der Waals surface area contributed by atoms with Gasteiger partial charge >= 0.3 is 0 Å². The van der Waals surface area contributed by atoms with Gasteiger partial charge in [-0.05, 0) is 39.0 Å². The van der Waals surface area contributed by atoms with Crippen molar-refractivity contribution in [1.82, 2.24) is 5.32 Å². The molecule has 4 heteroatoms. The van der Waals surface area contributed by atoms with Gasteiger partial charge in [0.15, 0.2) is 0 Å². The van der Waals surface area contributed by atoms with Gasteiger partial charge in [0.25, 0.3) is 5.91 Å². The number of carbonyl (C=O) groups is 1. The monoisotopic (exact) mass is 212 g/mol. The van der Waals surface area contributed by atoms with Crippen LogP contribution < -0.4 is 11.1 Å². The van der Waals surface area contributed by atoms with E-state index in [1.807, 2.05) is 6.92 Å². The summed E-state index contributed by atoms with van der Waals surface area (Å²) in [5, 5.41) is 2.92. The van der Waals surface area contributed by atoms with Gasteiger partial charge in [-0.2, -0.15) is 0 Å². The molecule has 0 aromatic heterocycles. The van der Waals surface area contributed by atoms with Crippen molar-refractivity contribution in [3.63, 3.8) is 0 Å². The molecule has 1 atom stereocenters. The molecule has 4 nitrogen and oxygen atoms in total. The lowest BCUT2D eigenvalue weighted by Gasteiger charge is -2.38. The second kappa shape index (κ2) is 3.76. The van der Waals surface area contributed by atoms with Crippen LogP contribution in [-0.2, 0) is 9.53 Å². The lowest BCUT2D eigenvalue weighted by molar-refractivity contribution is -0.139. The maximum Gasteiger partial charge on any atom is 0.252 e. The van der Waals surface area contributed by atoms with E-state index in [2.05, 4.69) is 5.32 Å². The quantitative estimate of drug-likeness (QED) is 0.718. The molecule has 86 valence electrons. The molecule has 0 spiro atoms. The molecule has 3 N–H and O–H groups in total. The molecule has 2 rings (SSSR count). The zero-order valence-corrected chi connectivity index (χ0v) is 9.34. The first-order valence-corrected chi connectivity index (χ1v) is 5.75. The normalized spacial score (nSPS) is 33.5. The topological polar surface area (TPSA) is 64.4 Å². The van der Waals surface area contributed by atoms with E-state index in [4.69, 9.17) is 10.5 Å². The Kier molecular flexibility index (Phi) is 2.73. The second-order valence-electron chi connectivity index (χ2n) is 5.08. The fraction of sp³-hybridized carbons (Fsp3) is 0.909. The molecule has 0 aromatic rings. The van der Waals surface area contributed by atoms with Crippen LogP contribution in [-0.4, -0.2) is 30.2 Å². The van der Waals surface area contributed by atoms with E-state index >= 15 is 0 Å². The predicted molar refractivity (Wildman–Crippen MR) is 57.4 cm³/mol. The predicted octanol–water partition coefficient (Wildman–Crippen LogP) is 0.553. The van der Waals surface area contributed by atoms with Crippen molar-refractivity contribution in [2.24, 2.45) is 5.73 Å². The van der Waals surface area contributed by atoms with E-state index in [-0.39, 0.29) is 11.4 Å². The first-order valence-electron chi connectivity index (χ1n) is 5.75. The Morgan fingerprint density at radius 3 is 2.60 bits per heavy atom. The van der Waals surface area contributed by atoms with Gasteiger partial charge in [0.1, 0.15) is 5.60 Å². The van der Waals surface area contributed by atoms with Crippen molar-refractivity contribution >= 4 is 5.91 Å². The number of nitrogens with one attached hydrogen (secondary N) is 1. The number of carbonyl (C=O) groups excluding carboxylic acids is 1. The van der Waals surface area contributed by atoms with Gasteiger partial charge < -0.3 is 15.8 Å². The zero-order valence-electron chi connectivity index (χ0n) is 9.34. The molecule has 0 bridgehead atoms. The number of nitrogens with two attached hydrogens (primary N) is 1. The molecule has 2 fully saturated rings. The third kappa shape index (κ3) is 2.16. The van der Waals surface area contributed by atoms with Gasteiger partial charge in [-0.25, -0.2) is 0 Å². The molecule has 2 aliphatic rings. The average molecular weight is 212 g/mol. The third-order valence-electron chi connectivity index (χ3n) is 3.65. The van der Waals surface area contributed by atoms with Gasteiger partial charge in [0, 0.05) is 18.7 Å². The first kappa shape index (κ1) is 10.9. The van der Waals surface area contributed by atoms with Crippen LogP contribution in [0.15, 0.2) is 0 Å². The fourth-order valence-corrected chi connectivity index (χ4v) is 2.21. The number of amides is 1. The van der Waals surface area contributed by atoms with E-state index < -0.39 is 5.60 Å². The molecule has 1 aliphatic carbocycles. The van der Waals surface area contributed by atoms with Gasteiger partial charge in [0.05, 0.1) is 0 Å². The number of hydrogen-bond donors (Lipinski definition) is 2. The van der Waals surface area contributed by atoms with Crippen LogP contribution in [0.5, 0.6) is 0 Å². The van der Waals surface area contributed by atoms with Crippen molar-refractivity contribution in [3.8, 4) is 0 Å². The standard InChI is InChI=1S/C11H20N2O2/c1-10(4-3-7-15-10)9(14)13-8-11(12)5-2-6-11/h2-8,12H2,1H3,(H,13,14). The number of ether oxygens (including phenoxy) is 1. The summed E-state index contributed by atoms with van der Waals surface area (Å²) in [5.74, 6) is -0.00303. The molecule has 15 heavy (non-hydrogen) atoms. The average Bonchev–Trinajstić information content (AvgIpc) is 2.60. The van der Waals surface area contributed by atoms with Crippen LogP contribution in [0.25, 0.3) is 0 Å². The molecular weight excluding hydrogens is 192 g/mol. The highest BCUT2D eigenvalue weighted by atomic mass is 16.5. The minimum atomic E-state index is -0.611. The zero-order chi connectivity index (χ0) is 10.9. The summed E-state index contributed by atoms with van der Waals surface area (Å²) in [6, 6.07) is 0. The lowest BCUT2D eigenvalue weighted by atomic mass is 9.77. The summed E-state index contributed by atoms with van der Waals surface area (Å²) in [5.41, 5.74) is 5.28. The number of hydrogen-bond acceptors (Lipinski definition) is 3. The Bertz CT molecular complexity index is 255. The van der Waals surface area contributed by atoms with Crippen molar-refractivity contribution < 1.29 is 9.53 Å². The van der Waals surface area contributed by atoms with Gasteiger partial charge in [-0.1, -0.05) is 0 Å². The molecule has 1 aliphatic heterocycles. The summed E-state index contributed by atoms with van der Waals surface area (Å²) >= 11 is 0. The Hall–Kier alpha value is -0.610. The van der Waals surface area contributed by atoms with Crippen molar-refractivity contribution in [2.75, 3.05) is 13.2 Å². The van der Waals surface area contributed by atoms with Crippen LogP contribution in [0.3, 0.4) is 0 Å². The van der Waals surface area contributed by atoms with Crippen molar-refractivity contribution in [2.45, 2.75) is 50.2 Å². The van der Waals surface area contributed by atoms with Crippen LogP contribution in [0.2, 0.25) is 0 Å². The Balaban J connectivity index is 1.81. The van der Waals surface area contributed by atoms with E-state index in [9.17, 15) is 4.79 Å². The summed E-state index contributed by atoms with van der Waals surface area (Å²) in [7, 11) is 0. The molecule has 1 unspecified atom stereocenters. The maximum absolute atomic E-state index is 11.9. The first-order chi connectivity index (χ1) is 7.04.